The lowest BCUT2D eigenvalue weighted by molar-refractivity contribution is -0.106. The Morgan fingerprint density at radius 2 is 1.60 bits per heavy atom. The van der Waals surface area contributed by atoms with Crippen LogP contribution in [0.4, 0.5) is 0 Å². The lowest BCUT2D eigenvalue weighted by atomic mass is 11.0. The van der Waals surface area contributed by atoms with Crippen LogP contribution >= 0.6 is 37.2 Å². The summed E-state index contributed by atoms with van der Waals surface area (Å²) in [6, 6.07) is 0. The van der Waals surface area contributed by atoms with Gasteiger partial charge in [-0.15, -0.1) is 0 Å². The second kappa shape index (κ2) is 19.3. The van der Waals surface area contributed by atoms with Crippen LogP contribution in [0.3, 0.4) is 0 Å². The van der Waals surface area contributed by atoms with E-state index in [2.05, 4.69) is 37.2 Å². The van der Waals surface area contributed by atoms with Crippen molar-refractivity contribution in [2.75, 3.05) is 0 Å². The molecule has 0 N–H and O–H groups in total. The molecule has 0 aliphatic heterocycles. The summed E-state index contributed by atoms with van der Waals surface area (Å²) in [4.78, 5) is 8.81. The molecule has 0 rings (SSSR count). The first-order valence-corrected chi connectivity index (χ1v) is 7.24. The van der Waals surface area contributed by atoms with Crippen molar-refractivity contribution in [3.63, 3.8) is 0 Å². The third kappa shape index (κ3) is 39.4. The molecule has 0 unspecified atom stereocenters. The van der Waals surface area contributed by atoms with Crippen molar-refractivity contribution in [2.24, 2.45) is 0 Å². The van der Waals surface area contributed by atoms with Crippen LogP contribution < -0.4 is 0 Å². The summed E-state index contributed by atoms with van der Waals surface area (Å²) in [6.07, 6.45) is 0.750. The number of aldehydes is 1. The van der Waals surface area contributed by atoms with Crippen molar-refractivity contribution in [2.45, 2.75) is 6.92 Å². The Balaban J connectivity index is 0. The Morgan fingerprint density at radius 1 is 1.60 bits per heavy atom. The van der Waals surface area contributed by atoms with Gasteiger partial charge in [0.05, 0.1) is 0 Å². The second-order valence-corrected chi connectivity index (χ2v) is 0.236. The van der Waals surface area contributed by atoms with Crippen molar-refractivity contribution in [1.29, 1.82) is 0 Å². The standard InChI is InChI=1S/C2H4O.I2/c1-2-3;1-2/h2H,1H3;. The van der Waals surface area contributed by atoms with Gasteiger partial charge in [-0.3, -0.25) is 0 Å². The Morgan fingerprint density at radius 3 is 1.60 bits per heavy atom. The largest absolute Gasteiger partial charge is 0.304 e. The molecule has 0 aliphatic rings. The molecule has 0 aromatic carbocycles. The van der Waals surface area contributed by atoms with E-state index in [9.17, 15) is 0 Å². The van der Waals surface area contributed by atoms with Gasteiger partial charge in [0, 0.05) is 37.2 Å². The predicted octanol–water partition coefficient (Wildman–Crippen LogP) is 1.98. The Bertz CT molecular complexity index is 15.1. The van der Waals surface area contributed by atoms with Crippen LogP contribution in [0.15, 0.2) is 0 Å². The molecular weight excluding hydrogens is 294 g/mol. The molecule has 0 radical (unpaired) electrons. The van der Waals surface area contributed by atoms with Gasteiger partial charge in [0.25, 0.3) is 0 Å². The topological polar surface area (TPSA) is 17.1 Å². The highest BCUT2D eigenvalue weighted by Gasteiger charge is 1.24. The van der Waals surface area contributed by atoms with Crippen LogP contribution in [0.25, 0.3) is 0 Å². The average molecular weight is 298 g/mol. The molecule has 5 heavy (non-hydrogen) atoms. The molecule has 0 saturated carbocycles. The number of hydrogen-bond acceptors (Lipinski definition) is 1. The third-order valence-electron chi connectivity index (χ3n) is 0. The molecule has 0 bridgehead atoms. The molecule has 0 amide bonds. The van der Waals surface area contributed by atoms with Gasteiger partial charge in [-0.1, -0.05) is 0 Å². The van der Waals surface area contributed by atoms with Gasteiger partial charge in [0.2, 0.25) is 0 Å². The maximum absolute atomic E-state index is 8.81. The molecule has 0 heterocycles. The molecule has 1 nitrogen and oxygen atoms in total. The highest BCUT2D eigenvalue weighted by molar-refractivity contribution is 15.0. The van der Waals surface area contributed by atoms with E-state index < -0.39 is 0 Å². The fourth-order valence-electron chi connectivity index (χ4n) is 0. The number of carbonyl (C=O) groups is 1. The van der Waals surface area contributed by atoms with Crippen LogP contribution in [0, 0.1) is 0 Å². The highest BCUT2D eigenvalue weighted by Crippen LogP contribution is 1.89. The fraction of sp³-hybridized carbons (Fsp3) is 0.500. The maximum Gasteiger partial charge on any atom is 0.116 e. The zero-order chi connectivity index (χ0) is 4.71. The summed E-state index contributed by atoms with van der Waals surface area (Å²) in [5.41, 5.74) is 0. The lowest BCUT2D eigenvalue weighted by Gasteiger charge is -1.23. The van der Waals surface area contributed by atoms with Gasteiger partial charge in [0.15, 0.2) is 0 Å². The van der Waals surface area contributed by atoms with Gasteiger partial charge in [-0.05, 0) is 6.92 Å². The zero-order valence-corrected chi connectivity index (χ0v) is 7.06. The van der Waals surface area contributed by atoms with E-state index in [-0.39, 0.29) is 0 Å². The Labute approximate surface area is 54.8 Å². The minimum Gasteiger partial charge on any atom is -0.304 e. The molecule has 0 aromatic rings. The molecule has 0 saturated heterocycles. The van der Waals surface area contributed by atoms with Crippen LogP contribution in [0.2, 0.25) is 0 Å². The van der Waals surface area contributed by atoms with Gasteiger partial charge in [-0.2, -0.15) is 0 Å². The van der Waals surface area contributed by atoms with Crippen molar-refractivity contribution in [1.82, 2.24) is 0 Å². The average Bonchev–Trinajstić information content (AvgIpc) is 1.46. The lowest BCUT2D eigenvalue weighted by Crippen LogP contribution is -1.36. The van der Waals surface area contributed by atoms with E-state index in [1.807, 2.05) is 0 Å². The second-order valence-electron chi connectivity index (χ2n) is 0.236. The van der Waals surface area contributed by atoms with Crippen LogP contribution in [-0.2, 0) is 4.79 Å². The Hall–Kier alpha value is 1.13. The molecule has 3 heteroatoms. The van der Waals surface area contributed by atoms with E-state index in [4.69, 9.17) is 4.79 Å². The summed E-state index contributed by atoms with van der Waals surface area (Å²) in [6.45, 7) is 1.44. The smallest absolute Gasteiger partial charge is 0.116 e. The molecular formula is C2H4I2O. The molecule has 0 aromatic heterocycles. The third-order valence-corrected chi connectivity index (χ3v) is 0. The van der Waals surface area contributed by atoms with Crippen LogP contribution in [-0.4, -0.2) is 6.29 Å². The summed E-state index contributed by atoms with van der Waals surface area (Å²) in [5, 5.41) is 0. The molecule has 32 valence electrons. The first-order chi connectivity index (χ1) is 2.41. The van der Waals surface area contributed by atoms with E-state index >= 15 is 0 Å². The van der Waals surface area contributed by atoms with E-state index in [0.29, 0.717) is 0 Å². The normalized spacial score (nSPS) is 3.80. The van der Waals surface area contributed by atoms with Crippen LogP contribution in [0.1, 0.15) is 6.92 Å². The fourth-order valence-corrected chi connectivity index (χ4v) is 0. The molecule has 0 aliphatic carbocycles. The van der Waals surface area contributed by atoms with E-state index in [1.54, 1.807) is 0 Å². The molecule has 0 fully saturated rings. The minimum atomic E-state index is 0.750. The molecule has 0 spiro atoms. The quantitative estimate of drug-likeness (QED) is 0.494. The zero-order valence-electron chi connectivity index (χ0n) is 2.74. The Kier molecular flexibility index (Phi) is 36.5. The highest BCUT2D eigenvalue weighted by atomic mass is 128. The summed E-state index contributed by atoms with van der Waals surface area (Å²) < 4.78 is 0. The van der Waals surface area contributed by atoms with Gasteiger partial charge in [0.1, 0.15) is 6.29 Å². The van der Waals surface area contributed by atoms with E-state index in [1.165, 1.54) is 6.92 Å². The summed E-state index contributed by atoms with van der Waals surface area (Å²) in [5.74, 6) is 0. The van der Waals surface area contributed by atoms with Gasteiger partial charge in [-0.25, -0.2) is 0 Å². The number of hydrogen-bond donors (Lipinski definition) is 0. The van der Waals surface area contributed by atoms with Crippen molar-refractivity contribution in [3.05, 3.63) is 0 Å². The number of carbonyl (C=O) groups excluding carboxylic acids is 1. The van der Waals surface area contributed by atoms with Crippen molar-refractivity contribution in [3.8, 4) is 0 Å². The number of rotatable bonds is 0. The van der Waals surface area contributed by atoms with Crippen LogP contribution in [0.5, 0.6) is 0 Å². The van der Waals surface area contributed by atoms with Gasteiger partial charge >= 0.3 is 0 Å². The minimum absolute atomic E-state index is 0.750. The first-order valence-electron chi connectivity index (χ1n) is 0.956. The monoisotopic (exact) mass is 298 g/mol. The van der Waals surface area contributed by atoms with Gasteiger partial charge < -0.3 is 4.79 Å². The first kappa shape index (κ1) is 9.46. The van der Waals surface area contributed by atoms with E-state index in [0.717, 1.165) is 6.29 Å². The molecule has 0 atom stereocenters. The van der Waals surface area contributed by atoms with Crippen molar-refractivity contribution >= 4 is 43.5 Å². The van der Waals surface area contributed by atoms with Crippen molar-refractivity contribution < 1.29 is 4.79 Å². The summed E-state index contributed by atoms with van der Waals surface area (Å²) >= 11 is 4.24. The number of halogens is 2. The summed E-state index contributed by atoms with van der Waals surface area (Å²) in [7, 11) is 0. The predicted molar refractivity (Wildman–Crippen MR) is 39.8 cm³/mol. The SMILES string of the molecule is CC=O.II. The maximum atomic E-state index is 8.81.